The molecule has 2 aromatic carbocycles. The van der Waals surface area contributed by atoms with Crippen LogP contribution >= 0.6 is 0 Å². The molecular formula is C46H73N3O8. The van der Waals surface area contributed by atoms with Gasteiger partial charge in [0.2, 0.25) is 0 Å². The highest BCUT2D eigenvalue weighted by Crippen LogP contribution is 2.31. The lowest BCUT2D eigenvalue weighted by Gasteiger charge is -2.38. The Bertz CT molecular complexity index is 1340. The second-order valence-electron chi connectivity index (χ2n) is 16.0. The van der Waals surface area contributed by atoms with Gasteiger partial charge >= 0.3 is 17.9 Å². The van der Waals surface area contributed by atoms with Gasteiger partial charge in [-0.15, -0.1) is 0 Å². The summed E-state index contributed by atoms with van der Waals surface area (Å²) in [6.07, 6.45) is 10.7. The first-order valence-electron chi connectivity index (χ1n) is 21.4. The lowest BCUT2D eigenvalue weighted by Crippen LogP contribution is -2.48. The molecule has 0 spiro atoms. The molecule has 2 saturated heterocycles. The van der Waals surface area contributed by atoms with Gasteiger partial charge in [0.15, 0.2) is 0 Å². The predicted molar refractivity (Wildman–Crippen MR) is 225 cm³/mol. The van der Waals surface area contributed by atoms with Crippen molar-refractivity contribution in [2.45, 2.75) is 136 Å². The number of benzene rings is 2. The number of esters is 3. The average Bonchev–Trinajstić information content (AvgIpc) is 3.19. The summed E-state index contributed by atoms with van der Waals surface area (Å²) in [6.45, 7) is 15.1. The molecule has 2 aromatic rings. The zero-order chi connectivity index (χ0) is 41.6. The first-order valence-corrected chi connectivity index (χ1v) is 21.4. The predicted octanol–water partition coefficient (Wildman–Crippen LogP) is 7.95. The zero-order valence-corrected chi connectivity index (χ0v) is 36.0. The quantitative estimate of drug-likeness (QED) is 0.139. The number of ether oxygens (including phenoxy) is 5. The number of nitrogens with two attached hydrogens (primary N) is 1. The SMILES string of the molecule is CCOC(=O)CC1CCC(C)CC1.CCOC(=O)CC1CCC(C)CN1Cc1ccc(OC)cc1.CCOC(=O)CC1CCC(N)CN1Cc1ccc(OC)cc1. The van der Waals surface area contributed by atoms with Gasteiger partial charge < -0.3 is 29.4 Å². The van der Waals surface area contributed by atoms with Crippen LogP contribution in [0.2, 0.25) is 0 Å². The maximum Gasteiger partial charge on any atom is 0.307 e. The van der Waals surface area contributed by atoms with Crippen LogP contribution in [0.5, 0.6) is 11.5 Å². The fraction of sp³-hybridized carbons (Fsp3) is 0.674. The van der Waals surface area contributed by atoms with Gasteiger partial charge in [-0.25, -0.2) is 0 Å². The maximum atomic E-state index is 11.8. The third kappa shape index (κ3) is 18.2. The van der Waals surface area contributed by atoms with E-state index >= 15 is 0 Å². The third-order valence-corrected chi connectivity index (χ3v) is 11.3. The van der Waals surface area contributed by atoms with E-state index < -0.39 is 0 Å². The fourth-order valence-corrected chi connectivity index (χ4v) is 8.02. The Morgan fingerprint density at radius 1 is 0.561 bits per heavy atom. The number of hydrogen-bond acceptors (Lipinski definition) is 11. The minimum atomic E-state index is -0.122. The van der Waals surface area contributed by atoms with Crippen molar-refractivity contribution in [2.75, 3.05) is 47.1 Å². The van der Waals surface area contributed by atoms with E-state index in [1.54, 1.807) is 14.2 Å². The van der Waals surface area contributed by atoms with Crippen LogP contribution in [0.25, 0.3) is 0 Å². The van der Waals surface area contributed by atoms with Crippen molar-refractivity contribution in [2.24, 2.45) is 23.5 Å². The van der Waals surface area contributed by atoms with Gasteiger partial charge in [0, 0.05) is 50.7 Å². The van der Waals surface area contributed by atoms with E-state index in [1.807, 2.05) is 45.0 Å². The number of carbonyl (C=O) groups excluding carboxylic acids is 3. The van der Waals surface area contributed by atoms with Crippen molar-refractivity contribution < 1.29 is 38.1 Å². The second kappa shape index (κ2) is 26.4. The first-order chi connectivity index (χ1) is 27.5. The maximum absolute atomic E-state index is 11.8. The van der Waals surface area contributed by atoms with Gasteiger partial charge in [-0.1, -0.05) is 51.0 Å². The van der Waals surface area contributed by atoms with Crippen LogP contribution < -0.4 is 15.2 Å². The summed E-state index contributed by atoms with van der Waals surface area (Å²) in [7, 11) is 3.34. The molecule has 4 unspecified atom stereocenters. The van der Waals surface area contributed by atoms with Gasteiger partial charge in [-0.2, -0.15) is 0 Å². The van der Waals surface area contributed by atoms with E-state index in [2.05, 4.69) is 47.9 Å². The summed E-state index contributed by atoms with van der Waals surface area (Å²) in [5, 5.41) is 0. The molecule has 57 heavy (non-hydrogen) atoms. The number of piperidine rings is 2. The molecular weight excluding hydrogens is 723 g/mol. The zero-order valence-electron chi connectivity index (χ0n) is 36.0. The molecule has 0 bridgehead atoms. The molecule has 0 aromatic heterocycles. The topological polar surface area (TPSA) is 130 Å². The van der Waals surface area contributed by atoms with Crippen molar-refractivity contribution in [3.8, 4) is 11.5 Å². The van der Waals surface area contributed by atoms with Crippen LogP contribution in [0.15, 0.2) is 48.5 Å². The Labute approximate surface area is 343 Å². The highest BCUT2D eigenvalue weighted by molar-refractivity contribution is 5.70. The van der Waals surface area contributed by atoms with Crippen molar-refractivity contribution in [1.29, 1.82) is 0 Å². The van der Waals surface area contributed by atoms with E-state index in [9.17, 15) is 14.4 Å². The van der Waals surface area contributed by atoms with E-state index in [-0.39, 0.29) is 36.0 Å². The van der Waals surface area contributed by atoms with Crippen molar-refractivity contribution >= 4 is 17.9 Å². The molecule has 11 nitrogen and oxygen atoms in total. The van der Waals surface area contributed by atoms with Gasteiger partial charge in [0.25, 0.3) is 0 Å². The largest absolute Gasteiger partial charge is 0.497 e. The van der Waals surface area contributed by atoms with Crippen molar-refractivity contribution in [1.82, 2.24) is 9.80 Å². The number of hydrogen-bond donors (Lipinski definition) is 1. The second-order valence-corrected chi connectivity index (χ2v) is 16.0. The third-order valence-electron chi connectivity index (χ3n) is 11.3. The molecule has 1 aliphatic carbocycles. The van der Waals surface area contributed by atoms with Crippen LogP contribution in [0, 0.1) is 17.8 Å². The molecule has 0 radical (unpaired) electrons. The molecule has 4 atom stereocenters. The molecule has 320 valence electrons. The highest BCUT2D eigenvalue weighted by Gasteiger charge is 2.30. The number of likely N-dealkylation sites (tertiary alicyclic amines) is 2. The van der Waals surface area contributed by atoms with E-state index in [1.165, 1.54) is 43.2 Å². The Morgan fingerprint density at radius 3 is 1.40 bits per heavy atom. The minimum absolute atomic E-state index is 0.0120. The van der Waals surface area contributed by atoms with Gasteiger partial charge in [0.1, 0.15) is 11.5 Å². The van der Waals surface area contributed by atoms with Crippen LogP contribution in [-0.2, 0) is 41.7 Å². The number of nitrogens with zero attached hydrogens (tertiary/aromatic N) is 2. The molecule has 11 heteroatoms. The normalized spacial score (nSPS) is 23.7. The highest BCUT2D eigenvalue weighted by atomic mass is 16.5. The van der Waals surface area contributed by atoms with Crippen LogP contribution in [-0.4, -0.2) is 93.0 Å². The molecule has 2 heterocycles. The molecule has 2 N–H and O–H groups in total. The van der Waals surface area contributed by atoms with Gasteiger partial charge in [-0.3, -0.25) is 24.2 Å². The summed E-state index contributed by atoms with van der Waals surface area (Å²) in [5.41, 5.74) is 8.55. The summed E-state index contributed by atoms with van der Waals surface area (Å²) < 4.78 is 25.5. The number of rotatable bonds is 15. The molecule has 3 aliphatic rings. The van der Waals surface area contributed by atoms with E-state index in [0.717, 1.165) is 62.9 Å². The van der Waals surface area contributed by atoms with Crippen molar-refractivity contribution in [3.05, 3.63) is 59.7 Å². The summed E-state index contributed by atoms with van der Waals surface area (Å²) in [4.78, 5) is 39.5. The first kappa shape index (κ1) is 47.7. The average molecular weight is 796 g/mol. The van der Waals surface area contributed by atoms with E-state index in [0.29, 0.717) is 50.9 Å². The lowest BCUT2D eigenvalue weighted by atomic mass is 9.81. The lowest BCUT2D eigenvalue weighted by molar-refractivity contribution is -0.146. The van der Waals surface area contributed by atoms with Crippen LogP contribution in [0.4, 0.5) is 0 Å². The fourth-order valence-electron chi connectivity index (χ4n) is 8.02. The summed E-state index contributed by atoms with van der Waals surface area (Å²) >= 11 is 0. The number of carbonyl (C=O) groups is 3. The monoisotopic (exact) mass is 796 g/mol. The minimum Gasteiger partial charge on any atom is -0.497 e. The Hall–Kier alpha value is -3.67. The van der Waals surface area contributed by atoms with Crippen LogP contribution in [0.1, 0.15) is 116 Å². The Balaban J connectivity index is 0.000000237. The van der Waals surface area contributed by atoms with Crippen molar-refractivity contribution in [3.63, 3.8) is 0 Å². The molecule has 0 amide bonds. The molecule has 5 rings (SSSR count). The summed E-state index contributed by atoms with van der Waals surface area (Å²) in [6, 6.07) is 16.9. The molecule has 1 saturated carbocycles. The number of methoxy groups -OCH3 is 2. The molecule has 3 fully saturated rings. The standard InChI is InChI=1S/C18H27NO3.C17H26N2O3.C11H20O2/c1-4-22-18(20)11-16-8-5-14(2)12-19(16)13-15-6-9-17(21-3)10-7-15;1-3-22-17(20)10-15-7-6-14(18)12-19(15)11-13-4-8-16(21-2)9-5-13;1-3-13-11(12)8-10-6-4-9(2)5-7-10/h6-7,9-10,14,16H,4-5,8,11-13H2,1-3H3;4-5,8-9,14-15H,3,6-7,10-12,18H2,1-2H3;9-10H,3-8H2,1-2H3. The Kier molecular flexibility index (Phi) is 22.1. The smallest absolute Gasteiger partial charge is 0.307 e. The van der Waals surface area contributed by atoms with Gasteiger partial charge in [0.05, 0.1) is 46.9 Å². The van der Waals surface area contributed by atoms with Crippen LogP contribution in [0.3, 0.4) is 0 Å². The van der Waals surface area contributed by atoms with Gasteiger partial charge in [-0.05, 0) is 112 Å². The van der Waals surface area contributed by atoms with E-state index in [4.69, 9.17) is 29.4 Å². The Morgan fingerprint density at radius 2 is 0.965 bits per heavy atom. The molecule has 2 aliphatic heterocycles. The summed E-state index contributed by atoms with van der Waals surface area (Å²) in [5.74, 6) is 3.64.